The van der Waals surface area contributed by atoms with Gasteiger partial charge in [-0.3, -0.25) is 0 Å². The lowest BCUT2D eigenvalue weighted by Gasteiger charge is -2.05. The number of hydrogen-bond donors (Lipinski definition) is 1. The summed E-state index contributed by atoms with van der Waals surface area (Å²) in [5, 5.41) is 8.91. The van der Waals surface area contributed by atoms with Gasteiger partial charge in [0.2, 0.25) is 0 Å². The smallest absolute Gasteiger partial charge is 0.137 e. The molecule has 1 atom stereocenters. The summed E-state index contributed by atoms with van der Waals surface area (Å²) in [6.45, 7) is 2.31. The Bertz CT molecular complexity index is 422. The van der Waals surface area contributed by atoms with Gasteiger partial charge < -0.3 is 9.51 Å². The number of hydrogen-bond acceptors (Lipinski definition) is 3. The Morgan fingerprint density at radius 3 is 3.12 bits per heavy atom. The molecule has 86 valence electrons. The maximum absolute atomic E-state index is 8.91. The normalized spacial score (nSPS) is 13.1. The summed E-state index contributed by atoms with van der Waals surface area (Å²) >= 11 is 1.82. The largest absolute Gasteiger partial charge is 0.396 e. The van der Waals surface area contributed by atoms with Crippen LogP contribution < -0.4 is 0 Å². The van der Waals surface area contributed by atoms with Gasteiger partial charge in [-0.15, -0.1) is 0 Å². The lowest BCUT2D eigenvalue weighted by molar-refractivity contribution is 0.250. The molecule has 2 heterocycles. The van der Waals surface area contributed by atoms with Gasteiger partial charge in [0, 0.05) is 24.8 Å². The van der Waals surface area contributed by atoms with Crippen LogP contribution in [0, 0.1) is 5.92 Å². The molecule has 4 heteroatoms. The van der Waals surface area contributed by atoms with Crippen LogP contribution in [0.3, 0.4) is 0 Å². The quantitative estimate of drug-likeness (QED) is 0.864. The molecule has 0 aliphatic heterocycles. The summed E-state index contributed by atoms with van der Waals surface area (Å²) in [5.41, 5.74) is 2.09. The molecule has 0 aliphatic rings. The fourth-order valence-corrected chi connectivity index (χ4v) is 2.45. The van der Waals surface area contributed by atoms with E-state index in [4.69, 9.17) is 5.11 Å². The van der Waals surface area contributed by atoms with Crippen molar-refractivity contribution in [3.05, 3.63) is 36.3 Å². The van der Waals surface area contributed by atoms with Gasteiger partial charge in [0.1, 0.15) is 5.65 Å². The fourth-order valence-electron chi connectivity index (χ4n) is 1.47. The zero-order valence-corrected chi connectivity index (χ0v) is 10.2. The third-order valence-electron chi connectivity index (χ3n) is 2.38. The predicted octanol–water partition coefficient (Wildman–Crippen LogP) is 2.20. The van der Waals surface area contributed by atoms with Gasteiger partial charge in [-0.1, -0.05) is 13.0 Å². The van der Waals surface area contributed by atoms with E-state index in [1.807, 2.05) is 40.6 Å². The Balaban J connectivity index is 1.94. The SMILES string of the molecule is CC(CO)CSCc1cn2ccccc2n1. The van der Waals surface area contributed by atoms with Crippen molar-refractivity contribution in [2.75, 3.05) is 12.4 Å². The van der Waals surface area contributed by atoms with Crippen molar-refractivity contribution in [1.29, 1.82) is 0 Å². The average Bonchev–Trinajstić information content (AvgIpc) is 2.71. The third-order valence-corrected chi connectivity index (χ3v) is 3.68. The lowest BCUT2D eigenvalue weighted by Crippen LogP contribution is -2.03. The molecule has 0 fully saturated rings. The van der Waals surface area contributed by atoms with Gasteiger partial charge in [0.05, 0.1) is 5.69 Å². The molecule has 2 aromatic rings. The van der Waals surface area contributed by atoms with Gasteiger partial charge in [-0.25, -0.2) is 4.98 Å². The molecule has 2 rings (SSSR count). The summed E-state index contributed by atoms with van der Waals surface area (Å²) in [5.74, 6) is 2.25. The molecule has 0 aromatic carbocycles. The molecule has 0 radical (unpaired) electrons. The molecule has 3 nitrogen and oxygen atoms in total. The topological polar surface area (TPSA) is 37.5 Å². The van der Waals surface area contributed by atoms with Gasteiger partial charge >= 0.3 is 0 Å². The minimum Gasteiger partial charge on any atom is -0.396 e. The van der Waals surface area contributed by atoms with Gasteiger partial charge in [0.25, 0.3) is 0 Å². The second-order valence-electron chi connectivity index (χ2n) is 4.00. The lowest BCUT2D eigenvalue weighted by atomic mass is 10.2. The maximum atomic E-state index is 8.91. The number of aliphatic hydroxyl groups excluding tert-OH is 1. The summed E-state index contributed by atoms with van der Waals surface area (Å²) in [6.07, 6.45) is 4.07. The summed E-state index contributed by atoms with van der Waals surface area (Å²) in [4.78, 5) is 4.52. The van der Waals surface area contributed by atoms with E-state index in [9.17, 15) is 0 Å². The van der Waals surface area contributed by atoms with Crippen LogP contribution in [0.4, 0.5) is 0 Å². The van der Waals surface area contributed by atoms with E-state index in [0.29, 0.717) is 5.92 Å². The molecule has 0 amide bonds. The van der Waals surface area contributed by atoms with Crippen LogP contribution in [0.2, 0.25) is 0 Å². The highest BCUT2D eigenvalue weighted by Crippen LogP contribution is 2.15. The number of nitrogens with zero attached hydrogens (tertiary/aromatic N) is 2. The highest BCUT2D eigenvalue weighted by Gasteiger charge is 2.03. The fraction of sp³-hybridized carbons (Fsp3) is 0.417. The number of pyridine rings is 1. The monoisotopic (exact) mass is 236 g/mol. The number of aliphatic hydroxyl groups is 1. The zero-order chi connectivity index (χ0) is 11.4. The molecule has 1 unspecified atom stereocenters. The maximum Gasteiger partial charge on any atom is 0.137 e. The number of thioether (sulfide) groups is 1. The Hall–Kier alpha value is -1.00. The van der Waals surface area contributed by atoms with Crippen molar-refractivity contribution in [1.82, 2.24) is 9.38 Å². The number of rotatable bonds is 5. The van der Waals surface area contributed by atoms with E-state index >= 15 is 0 Å². The Morgan fingerprint density at radius 1 is 1.50 bits per heavy atom. The van der Waals surface area contributed by atoms with E-state index in [-0.39, 0.29) is 6.61 Å². The highest BCUT2D eigenvalue weighted by atomic mass is 32.2. The summed E-state index contributed by atoms with van der Waals surface area (Å²) in [7, 11) is 0. The van der Waals surface area contributed by atoms with Crippen LogP contribution in [-0.2, 0) is 5.75 Å². The summed E-state index contributed by atoms with van der Waals surface area (Å²) in [6, 6.07) is 6.00. The van der Waals surface area contributed by atoms with Crippen molar-refractivity contribution in [2.45, 2.75) is 12.7 Å². The first-order chi connectivity index (χ1) is 7.79. The molecule has 0 spiro atoms. The molecule has 2 aromatic heterocycles. The van der Waals surface area contributed by atoms with Crippen LogP contribution in [0.1, 0.15) is 12.6 Å². The van der Waals surface area contributed by atoms with E-state index in [1.54, 1.807) is 0 Å². The van der Waals surface area contributed by atoms with Crippen LogP contribution in [0.15, 0.2) is 30.6 Å². The van der Waals surface area contributed by atoms with Gasteiger partial charge in [0.15, 0.2) is 0 Å². The molecule has 1 N–H and O–H groups in total. The molecular weight excluding hydrogens is 220 g/mol. The van der Waals surface area contributed by atoms with Gasteiger partial charge in [-0.2, -0.15) is 11.8 Å². The average molecular weight is 236 g/mol. The van der Waals surface area contributed by atoms with Crippen molar-refractivity contribution < 1.29 is 5.11 Å². The number of imidazole rings is 1. The second-order valence-corrected chi connectivity index (χ2v) is 5.03. The Morgan fingerprint density at radius 2 is 2.38 bits per heavy atom. The Kier molecular flexibility index (Phi) is 3.85. The van der Waals surface area contributed by atoms with Crippen LogP contribution >= 0.6 is 11.8 Å². The summed E-state index contributed by atoms with van der Waals surface area (Å²) < 4.78 is 2.03. The zero-order valence-electron chi connectivity index (χ0n) is 9.34. The van der Waals surface area contributed by atoms with Crippen LogP contribution in [-0.4, -0.2) is 26.9 Å². The first kappa shape index (κ1) is 11.5. The van der Waals surface area contributed by atoms with Crippen LogP contribution in [0.25, 0.3) is 5.65 Å². The van der Waals surface area contributed by atoms with E-state index in [2.05, 4.69) is 18.1 Å². The molecule has 0 aliphatic carbocycles. The minimum atomic E-state index is 0.262. The first-order valence-electron chi connectivity index (χ1n) is 5.41. The standard InChI is InChI=1S/C12H16N2OS/c1-10(7-15)8-16-9-11-6-14-5-3-2-4-12(14)13-11/h2-6,10,15H,7-9H2,1H3. The van der Waals surface area contributed by atoms with Crippen molar-refractivity contribution in [2.24, 2.45) is 5.92 Å². The van der Waals surface area contributed by atoms with Crippen LogP contribution in [0.5, 0.6) is 0 Å². The van der Waals surface area contributed by atoms with Crippen molar-refractivity contribution >= 4 is 17.4 Å². The van der Waals surface area contributed by atoms with E-state index in [1.165, 1.54) is 0 Å². The van der Waals surface area contributed by atoms with Crippen molar-refractivity contribution in [3.8, 4) is 0 Å². The minimum absolute atomic E-state index is 0.262. The van der Waals surface area contributed by atoms with Crippen molar-refractivity contribution in [3.63, 3.8) is 0 Å². The van der Waals surface area contributed by atoms with E-state index in [0.717, 1.165) is 22.8 Å². The predicted molar refractivity (Wildman–Crippen MR) is 67.6 cm³/mol. The number of fused-ring (bicyclic) bond motifs is 1. The number of aromatic nitrogens is 2. The second kappa shape index (κ2) is 5.37. The molecule has 16 heavy (non-hydrogen) atoms. The molecular formula is C12H16N2OS. The molecule has 0 bridgehead atoms. The molecule has 0 saturated carbocycles. The third kappa shape index (κ3) is 2.77. The first-order valence-corrected chi connectivity index (χ1v) is 6.56. The van der Waals surface area contributed by atoms with Gasteiger partial charge in [-0.05, 0) is 23.8 Å². The Labute approximate surface area is 99.5 Å². The molecule has 0 saturated heterocycles. The highest BCUT2D eigenvalue weighted by molar-refractivity contribution is 7.98. The van der Waals surface area contributed by atoms with E-state index < -0.39 is 0 Å².